The molecule has 3 aromatic rings. The summed E-state index contributed by atoms with van der Waals surface area (Å²) in [5.41, 5.74) is 2.56. The Bertz CT molecular complexity index is 1040. The van der Waals surface area contributed by atoms with Crippen molar-refractivity contribution in [3.63, 3.8) is 0 Å². The maximum atomic E-state index is 13.3. The summed E-state index contributed by atoms with van der Waals surface area (Å²) in [5, 5.41) is 1.05. The predicted octanol–water partition coefficient (Wildman–Crippen LogP) is 4.50. The van der Waals surface area contributed by atoms with Crippen molar-refractivity contribution in [3.8, 4) is 5.75 Å². The van der Waals surface area contributed by atoms with Crippen LogP contribution >= 0.6 is 0 Å². The van der Waals surface area contributed by atoms with Crippen molar-refractivity contribution in [3.05, 3.63) is 60.3 Å². The Labute approximate surface area is 164 Å². The zero-order valence-corrected chi connectivity index (χ0v) is 16.2. The molecule has 5 heteroatoms. The van der Waals surface area contributed by atoms with E-state index in [0.29, 0.717) is 11.4 Å². The summed E-state index contributed by atoms with van der Waals surface area (Å²) in [6.45, 7) is 3.07. The smallest absolute Gasteiger partial charge is 0.242 e. The Morgan fingerprint density at radius 1 is 1.07 bits per heavy atom. The van der Waals surface area contributed by atoms with Gasteiger partial charge in [0.1, 0.15) is 5.75 Å². The van der Waals surface area contributed by atoms with E-state index < -0.39 is 5.92 Å². The Morgan fingerprint density at radius 3 is 2.61 bits per heavy atom. The molecule has 1 fully saturated rings. The third-order valence-electron chi connectivity index (χ3n) is 5.42. The summed E-state index contributed by atoms with van der Waals surface area (Å²) in [5.74, 6) is -0.321. The largest absolute Gasteiger partial charge is 0.495 e. The van der Waals surface area contributed by atoms with Gasteiger partial charge in [-0.25, -0.2) is 4.90 Å². The first kappa shape index (κ1) is 18.3. The summed E-state index contributed by atoms with van der Waals surface area (Å²) in [4.78, 5) is 27.4. The van der Waals surface area contributed by atoms with Crippen molar-refractivity contribution in [2.45, 2.75) is 38.6 Å². The molecule has 1 aliphatic rings. The molecule has 144 valence electrons. The fraction of sp³-hybridized carbons (Fsp3) is 0.304. The number of methoxy groups -OCH3 is 1. The van der Waals surface area contributed by atoms with E-state index in [1.165, 1.54) is 4.90 Å². The molecule has 1 unspecified atom stereocenters. The Hall–Kier alpha value is -3.08. The van der Waals surface area contributed by atoms with Crippen molar-refractivity contribution in [1.29, 1.82) is 0 Å². The second-order valence-corrected chi connectivity index (χ2v) is 7.14. The van der Waals surface area contributed by atoms with Crippen LogP contribution in [0.1, 0.15) is 37.7 Å². The van der Waals surface area contributed by atoms with Crippen molar-refractivity contribution < 1.29 is 14.3 Å². The minimum absolute atomic E-state index is 0.179. The third kappa shape index (κ3) is 2.97. The van der Waals surface area contributed by atoms with Gasteiger partial charge in [0, 0.05) is 30.1 Å². The minimum Gasteiger partial charge on any atom is -0.495 e. The number of ether oxygens (including phenoxy) is 1. The first-order chi connectivity index (χ1) is 13.7. The predicted molar refractivity (Wildman–Crippen MR) is 110 cm³/mol. The first-order valence-corrected chi connectivity index (χ1v) is 9.73. The highest BCUT2D eigenvalue weighted by molar-refractivity contribution is 6.24. The molecule has 0 bridgehead atoms. The number of carbonyl (C=O) groups excluding carboxylic acids is 2. The average molecular weight is 376 g/mol. The highest BCUT2D eigenvalue weighted by Crippen LogP contribution is 2.40. The van der Waals surface area contributed by atoms with Crippen LogP contribution in [0.15, 0.2) is 54.7 Å². The number of unbranched alkanes of at least 4 members (excludes halogenated alkanes) is 1. The average Bonchev–Trinajstić information content (AvgIpc) is 3.23. The lowest BCUT2D eigenvalue weighted by Crippen LogP contribution is -2.30. The lowest BCUT2D eigenvalue weighted by molar-refractivity contribution is -0.121. The van der Waals surface area contributed by atoms with Crippen molar-refractivity contribution in [2.75, 3.05) is 12.0 Å². The van der Waals surface area contributed by atoms with E-state index >= 15 is 0 Å². The van der Waals surface area contributed by atoms with Gasteiger partial charge < -0.3 is 9.30 Å². The fourth-order valence-corrected chi connectivity index (χ4v) is 4.01. The van der Waals surface area contributed by atoms with Crippen molar-refractivity contribution >= 4 is 28.4 Å². The molecule has 1 saturated heterocycles. The van der Waals surface area contributed by atoms with Gasteiger partial charge >= 0.3 is 0 Å². The summed E-state index contributed by atoms with van der Waals surface area (Å²) in [6, 6.07) is 15.3. The molecule has 0 N–H and O–H groups in total. The van der Waals surface area contributed by atoms with Gasteiger partial charge in [-0.2, -0.15) is 0 Å². The molecule has 0 aliphatic carbocycles. The molecule has 2 aromatic carbocycles. The number of hydrogen-bond donors (Lipinski definition) is 0. The van der Waals surface area contributed by atoms with E-state index in [4.69, 9.17) is 4.74 Å². The van der Waals surface area contributed by atoms with E-state index in [1.807, 2.05) is 30.3 Å². The molecule has 1 atom stereocenters. The zero-order chi connectivity index (χ0) is 19.7. The maximum absolute atomic E-state index is 13.3. The molecule has 0 spiro atoms. The molecule has 0 radical (unpaired) electrons. The van der Waals surface area contributed by atoms with Crippen LogP contribution in [-0.4, -0.2) is 23.5 Å². The normalized spacial score (nSPS) is 16.9. The van der Waals surface area contributed by atoms with Gasteiger partial charge in [-0.1, -0.05) is 43.7 Å². The van der Waals surface area contributed by atoms with Gasteiger partial charge in [-0.3, -0.25) is 9.59 Å². The van der Waals surface area contributed by atoms with Crippen LogP contribution in [0.2, 0.25) is 0 Å². The number of aromatic nitrogens is 1. The maximum Gasteiger partial charge on any atom is 0.242 e. The van der Waals surface area contributed by atoms with Crippen LogP contribution in [-0.2, 0) is 16.1 Å². The molecule has 5 nitrogen and oxygen atoms in total. The number of amides is 2. The Kier molecular flexibility index (Phi) is 4.90. The quantitative estimate of drug-likeness (QED) is 0.595. The Balaban J connectivity index is 1.75. The van der Waals surface area contributed by atoms with E-state index in [-0.39, 0.29) is 18.2 Å². The second-order valence-electron chi connectivity index (χ2n) is 7.14. The number of rotatable bonds is 6. The van der Waals surface area contributed by atoms with Crippen LogP contribution in [0.4, 0.5) is 5.69 Å². The number of hydrogen-bond acceptors (Lipinski definition) is 3. The van der Waals surface area contributed by atoms with Gasteiger partial charge in [0.05, 0.1) is 18.7 Å². The second kappa shape index (κ2) is 7.50. The van der Waals surface area contributed by atoms with Gasteiger partial charge in [-0.15, -0.1) is 0 Å². The SMILES string of the molecule is CCCCn1cc(C2CC(=O)N(c3ccccc3OC)C2=O)c2ccccc21. The summed E-state index contributed by atoms with van der Waals surface area (Å²) >= 11 is 0. The monoisotopic (exact) mass is 376 g/mol. The van der Waals surface area contributed by atoms with Crippen molar-refractivity contribution in [1.82, 2.24) is 4.57 Å². The van der Waals surface area contributed by atoms with Gasteiger partial charge in [0.15, 0.2) is 0 Å². The highest BCUT2D eigenvalue weighted by atomic mass is 16.5. The molecule has 4 rings (SSSR count). The third-order valence-corrected chi connectivity index (χ3v) is 5.42. The number of imide groups is 1. The fourth-order valence-electron chi connectivity index (χ4n) is 4.01. The van der Waals surface area contributed by atoms with E-state index in [9.17, 15) is 9.59 Å². The van der Waals surface area contributed by atoms with Crippen LogP contribution in [0.5, 0.6) is 5.75 Å². The number of benzene rings is 2. The molecule has 1 aliphatic heterocycles. The topological polar surface area (TPSA) is 51.5 Å². The van der Waals surface area contributed by atoms with Gasteiger partial charge in [-0.05, 0) is 30.2 Å². The van der Waals surface area contributed by atoms with Crippen LogP contribution in [0.3, 0.4) is 0 Å². The highest BCUT2D eigenvalue weighted by Gasteiger charge is 2.42. The number of nitrogens with zero attached hydrogens (tertiary/aromatic N) is 2. The summed E-state index contributed by atoms with van der Waals surface area (Å²) < 4.78 is 7.57. The van der Waals surface area contributed by atoms with E-state index in [2.05, 4.69) is 23.8 Å². The van der Waals surface area contributed by atoms with E-state index in [0.717, 1.165) is 35.9 Å². The number of carbonyl (C=O) groups is 2. The lowest BCUT2D eigenvalue weighted by atomic mass is 9.97. The first-order valence-electron chi connectivity index (χ1n) is 9.73. The van der Waals surface area contributed by atoms with Gasteiger partial charge in [0.25, 0.3) is 0 Å². The summed E-state index contributed by atoms with van der Waals surface area (Å²) in [7, 11) is 1.54. The molecular weight excluding hydrogens is 352 g/mol. The number of para-hydroxylation sites is 3. The molecule has 28 heavy (non-hydrogen) atoms. The number of fused-ring (bicyclic) bond motifs is 1. The van der Waals surface area contributed by atoms with Crippen LogP contribution in [0, 0.1) is 0 Å². The summed E-state index contributed by atoms with van der Waals surface area (Å²) in [6.07, 6.45) is 4.41. The number of aryl methyl sites for hydroxylation is 1. The molecule has 2 amide bonds. The zero-order valence-electron chi connectivity index (χ0n) is 16.2. The standard InChI is InChI=1S/C23H24N2O3/c1-3-4-13-24-15-18(16-9-5-6-10-19(16)24)17-14-22(26)25(23(17)27)20-11-7-8-12-21(20)28-2/h5-12,15,17H,3-4,13-14H2,1-2H3. The van der Waals surface area contributed by atoms with Gasteiger partial charge in [0.2, 0.25) is 11.8 Å². The molecular formula is C23H24N2O3. The molecule has 1 aromatic heterocycles. The molecule has 2 heterocycles. The Morgan fingerprint density at radius 2 is 1.82 bits per heavy atom. The molecule has 0 saturated carbocycles. The van der Waals surface area contributed by atoms with Crippen LogP contribution < -0.4 is 9.64 Å². The van der Waals surface area contributed by atoms with Crippen LogP contribution in [0.25, 0.3) is 10.9 Å². The van der Waals surface area contributed by atoms with Crippen molar-refractivity contribution in [2.24, 2.45) is 0 Å². The lowest BCUT2D eigenvalue weighted by Gasteiger charge is -2.17. The minimum atomic E-state index is -0.467. The number of anilines is 1. The van der Waals surface area contributed by atoms with E-state index in [1.54, 1.807) is 19.2 Å².